The number of aryl methyl sites for hydroxylation is 1. The van der Waals surface area contributed by atoms with E-state index >= 15 is 0 Å². The van der Waals surface area contributed by atoms with E-state index in [9.17, 15) is 4.79 Å². The molecule has 1 aliphatic rings. The van der Waals surface area contributed by atoms with Gasteiger partial charge in [-0.05, 0) is 29.7 Å². The highest BCUT2D eigenvalue weighted by atomic mass is 35.5. The molecule has 3 rings (SSSR count). The first-order valence-electron chi connectivity index (χ1n) is 6.29. The zero-order chi connectivity index (χ0) is 13.4. The molecule has 1 atom stereocenters. The highest BCUT2D eigenvalue weighted by molar-refractivity contribution is 6.31. The molecular weight excluding hydrogens is 258 g/mol. The van der Waals surface area contributed by atoms with Gasteiger partial charge < -0.3 is 5.32 Å². The fourth-order valence-electron chi connectivity index (χ4n) is 2.68. The molecule has 1 unspecified atom stereocenters. The zero-order valence-electron chi connectivity index (χ0n) is 10.6. The van der Waals surface area contributed by atoms with Crippen LogP contribution in [-0.2, 0) is 11.2 Å². The third-order valence-corrected chi connectivity index (χ3v) is 3.91. The quantitative estimate of drug-likeness (QED) is 0.846. The van der Waals surface area contributed by atoms with Crippen LogP contribution in [0, 0.1) is 6.92 Å². The summed E-state index contributed by atoms with van der Waals surface area (Å²) in [6, 6.07) is 13.7. The summed E-state index contributed by atoms with van der Waals surface area (Å²) in [7, 11) is 0. The van der Waals surface area contributed by atoms with Crippen molar-refractivity contribution in [2.24, 2.45) is 0 Å². The van der Waals surface area contributed by atoms with Gasteiger partial charge in [-0.1, -0.05) is 48.0 Å². The van der Waals surface area contributed by atoms with Gasteiger partial charge in [-0.2, -0.15) is 0 Å². The Morgan fingerprint density at radius 1 is 1.16 bits per heavy atom. The Labute approximate surface area is 117 Å². The third-order valence-electron chi connectivity index (χ3n) is 3.58. The Kier molecular flexibility index (Phi) is 3.03. The number of benzene rings is 2. The number of rotatable bonds is 1. The smallest absolute Gasteiger partial charge is 0.225 e. The van der Waals surface area contributed by atoms with Gasteiger partial charge in [0.1, 0.15) is 0 Å². The Morgan fingerprint density at radius 3 is 2.74 bits per heavy atom. The van der Waals surface area contributed by atoms with Gasteiger partial charge in [-0.15, -0.1) is 0 Å². The minimum absolute atomic E-state index is 0.0445. The molecule has 0 saturated heterocycles. The summed E-state index contributed by atoms with van der Waals surface area (Å²) >= 11 is 6.33. The molecule has 2 aromatic rings. The summed E-state index contributed by atoms with van der Waals surface area (Å²) in [5.41, 5.74) is 4.30. The molecule has 0 spiro atoms. The van der Waals surface area contributed by atoms with Crippen LogP contribution < -0.4 is 5.32 Å². The van der Waals surface area contributed by atoms with Crippen LogP contribution in [0.15, 0.2) is 42.5 Å². The van der Waals surface area contributed by atoms with Crippen molar-refractivity contribution >= 4 is 17.5 Å². The fraction of sp³-hybridized carbons (Fsp3) is 0.188. The van der Waals surface area contributed by atoms with E-state index in [2.05, 4.69) is 11.4 Å². The maximum Gasteiger partial charge on any atom is 0.225 e. The molecule has 2 aromatic carbocycles. The number of fused-ring (bicyclic) bond motifs is 1. The van der Waals surface area contributed by atoms with Crippen LogP contribution in [0.2, 0.25) is 5.02 Å². The molecule has 19 heavy (non-hydrogen) atoms. The molecule has 0 bridgehead atoms. The van der Waals surface area contributed by atoms with Gasteiger partial charge in [0.15, 0.2) is 0 Å². The van der Waals surface area contributed by atoms with Gasteiger partial charge in [0.05, 0.1) is 12.5 Å². The zero-order valence-corrected chi connectivity index (χ0v) is 11.4. The molecule has 0 fully saturated rings. The van der Waals surface area contributed by atoms with Crippen LogP contribution in [0.1, 0.15) is 28.3 Å². The molecule has 0 radical (unpaired) electrons. The first-order valence-corrected chi connectivity index (χ1v) is 6.67. The monoisotopic (exact) mass is 271 g/mol. The normalized spacial score (nSPS) is 17.8. The molecule has 1 amide bonds. The first kappa shape index (κ1) is 12.2. The summed E-state index contributed by atoms with van der Waals surface area (Å²) < 4.78 is 0. The van der Waals surface area contributed by atoms with Crippen LogP contribution in [0.3, 0.4) is 0 Å². The lowest BCUT2D eigenvalue weighted by Crippen LogP contribution is -2.36. The van der Waals surface area contributed by atoms with E-state index in [0.29, 0.717) is 11.4 Å². The van der Waals surface area contributed by atoms with E-state index in [4.69, 9.17) is 11.6 Å². The van der Waals surface area contributed by atoms with Gasteiger partial charge in [0.25, 0.3) is 0 Å². The van der Waals surface area contributed by atoms with Crippen LogP contribution >= 0.6 is 11.6 Å². The number of amides is 1. The Hall–Kier alpha value is -1.80. The molecule has 2 nitrogen and oxygen atoms in total. The van der Waals surface area contributed by atoms with Crippen molar-refractivity contribution in [2.45, 2.75) is 19.4 Å². The largest absolute Gasteiger partial charge is 0.345 e. The minimum atomic E-state index is -0.147. The van der Waals surface area contributed by atoms with Crippen molar-refractivity contribution in [2.75, 3.05) is 0 Å². The lowest BCUT2D eigenvalue weighted by atomic mass is 9.88. The van der Waals surface area contributed by atoms with Crippen molar-refractivity contribution in [3.63, 3.8) is 0 Å². The van der Waals surface area contributed by atoms with E-state index in [0.717, 1.165) is 22.3 Å². The van der Waals surface area contributed by atoms with Crippen LogP contribution in [0.25, 0.3) is 0 Å². The second-order valence-electron chi connectivity index (χ2n) is 4.85. The number of carbonyl (C=O) groups excluding carboxylic acids is 1. The molecule has 1 heterocycles. The molecule has 1 N–H and O–H groups in total. The van der Waals surface area contributed by atoms with Crippen molar-refractivity contribution in [3.05, 3.63) is 69.7 Å². The summed E-state index contributed by atoms with van der Waals surface area (Å²) in [4.78, 5) is 11.9. The molecule has 96 valence electrons. The van der Waals surface area contributed by atoms with Crippen molar-refractivity contribution in [1.82, 2.24) is 5.32 Å². The van der Waals surface area contributed by atoms with Crippen LogP contribution in [0.4, 0.5) is 0 Å². The molecule has 0 saturated carbocycles. The number of hydrogen-bond donors (Lipinski definition) is 1. The number of hydrogen-bond acceptors (Lipinski definition) is 1. The summed E-state index contributed by atoms with van der Waals surface area (Å²) in [5.74, 6) is 0.0445. The van der Waals surface area contributed by atoms with E-state index in [1.807, 2.05) is 43.3 Å². The summed E-state index contributed by atoms with van der Waals surface area (Å²) in [5, 5.41) is 3.74. The second kappa shape index (κ2) is 4.71. The molecule has 0 aromatic heterocycles. The number of nitrogens with one attached hydrogen (secondary N) is 1. The molecular formula is C16H14ClNO. The number of halogens is 1. The average molecular weight is 272 g/mol. The SMILES string of the molecule is Cc1cccc(Cl)c1C1NC(=O)Cc2ccccc21. The van der Waals surface area contributed by atoms with Gasteiger partial charge in [-0.25, -0.2) is 0 Å². The maximum absolute atomic E-state index is 11.9. The standard InChI is InChI=1S/C16H14ClNO/c1-10-5-4-8-13(17)15(10)16-12-7-3-2-6-11(12)9-14(19)18-16/h2-8,16H,9H2,1H3,(H,18,19). The lowest BCUT2D eigenvalue weighted by Gasteiger charge is -2.28. The van der Waals surface area contributed by atoms with E-state index in [-0.39, 0.29) is 11.9 Å². The number of carbonyl (C=O) groups is 1. The Balaban J connectivity index is 2.18. The first-order chi connectivity index (χ1) is 9.16. The predicted octanol–water partition coefficient (Wildman–Crippen LogP) is 3.41. The van der Waals surface area contributed by atoms with Gasteiger partial charge >= 0.3 is 0 Å². The lowest BCUT2D eigenvalue weighted by molar-refractivity contribution is -0.121. The van der Waals surface area contributed by atoms with Crippen LogP contribution in [0.5, 0.6) is 0 Å². The fourth-order valence-corrected chi connectivity index (χ4v) is 3.01. The summed E-state index contributed by atoms with van der Waals surface area (Å²) in [6.45, 7) is 2.02. The highest BCUT2D eigenvalue weighted by Crippen LogP contribution is 2.34. The van der Waals surface area contributed by atoms with Crippen molar-refractivity contribution in [1.29, 1.82) is 0 Å². The Morgan fingerprint density at radius 2 is 1.95 bits per heavy atom. The van der Waals surface area contributed by atoms with Gasteiger partial charge in [-0.3, -0.25) is 4.79 Å². The second-order valence-corrected chi connectivity index (χ2v) is 5.25. The maximum atomic E-state index is 11.9. The highest BCUT2D eigenvalue weighted by Gasteiger charge is 2.27. The summed E-state index contributed by atoms with van der Waals surface area (Å²) in [6.07, 6.45) is 0.441. The van der Waals surface area contributed by atoms with Gasteiger partial charge in [0.2, 0.25) is 5.91 Å². The topological polar surface area (TPSA) is 29.1 Å². The molecule has 3 heteroatoms. The molecule has 0 aliphatic carbocycles. The Bertz CT molecular complexity index is 631. The van der Waals surface area contributed by atoms with E-state index in [1.165, 1.54) is 0 Å². The van der Waals surface area contributed by atoms with Crippen molar-refractivity contribution in [3.8, 4) is 0 Å². The minimum Gasteiger partial charge on any atom is -0.345 e. The van der Waals surface area contributed by atoms with Crippen LogP contribution in [-0.4, -0.2) is 5.91 Å². The van der Waals surface area contributed by atoms with E-state index < -0.39 is 0 Å². The van der Waals surface area contributed by atoms with Crippen molar-refractivity contribution < 1.29 is 4.79 Å². The van der Waals surface area contributed by atoms with E-state index in [1.54, 1.807) is 0 Å². The molecule has 1 aliphatic heterocycles. The third kappa shape index (κ3) is 2.13. The predicted molar refractivity (Wildman–Crippen MR) is 76.3 cm³/mol. The van der Waals surface area contributed by atoms with Gasteiger partial charge in [0, 0.05) is 10.6 Å². The average Bonchev–Trinajstić information content (AvgIpc) is 2.38.